The molecule has 2 aliphatic heterocycles. The fourth-order valence-corrected chi connectivity index (χ4v) is 5.11. The lowest BCUT2D eigenvalue weighted by Crippen LogP contribution is -2.40. The van der Waals surface area contributed by atoms with Crippen LogP contribution in [0.2, 0.25) is 0 Å². The van der Waals surface area contributed by atoms with Gasteiger partial charge in [0.05, 0.1) is 11.3 Å². The molecule has 0 bridgehead atoms. The van der Waals surface area contributed by atoms with Crippen LogP contribution < -0.4 is 15.5 Å². The van der Waals surface area contributed by atoms with E-state index in [1.165, 1.54) is 6.20 Å². The Labute approximate surface area is 228 Å². The Morgan fingerprint density at radius 2 is 2.11 bits per heavy atom. The number of fused-ring (bicyclic) bond motifs is 1. The van der Waals surface area contributed by atoms with E-state index in [1.807, 2.05) is 20.2 Å². The van der Waals surface area contributed by atoms with Crippen molar-refractivity contribution in [2.75, 3.05) is 60.9 Å². The Bertz CT molecular complexity index is 1210. The molecule has 0 atom stereocenters. The monoisotopic (exact) mass is 537 g/mol. The van der Waals surface area contributed by atoms with E-state index in [-0.39, 0.29) is 17.9 Å². The summed E-state index contributed by atoms with van der Waals surface area (Å²) in [4.78, 5) is 38.7. The van der Waals surface area contributed by atoms with Gasteiger partial charge in [0.15, 0.2) is 0 Å². The van der Waals surface area contributed by atoms with Crippen molar-refractivity contribution in [3.8, 4) is 6.07 Å². The zero-order valence-electron chi connectivity index (χ0n) is 22.2. The first-order valence-electron chi connectivity index (χ1n) is 12.9. The molecule has 1 saturated heterocycles. The third-order valence-electron chi connectivity index (χ3n) is 6.94. The first kappa shape index (κ1) is 27.7. The summed E-state index contributed by atoms with van der Waals surface area (Å²) in [6.07, 6.45) is 6.63. The molecule has 2 N–H and O–H groups in total. The maximum absolute atomic E-state index is 13.3. The average molecular weight is 538 g/mol. The second-order valence-electron chi connectivity index (χ2n) is 9.63. The number of rotatable bonds is 8. The van der Waals surface area contributed by atoms with Crippen LogP contribution >= 0.6 is 11.8 Å². The van der Waals surface area contributed by atoms with E-state index in [2.05, 4.69) is 27.8 Å². The molecule has 4 rings (SSSR count). The molecule has 202 valence electrons. The molecule has 3 amide bonds. The first-order valence-corrected chi connectivity index (χ1v) is 14.3. The van der Waals surface area contributed by atoms with Crippen LogP contribution in [0.4, 0.5) is 22.1 Å². The quantitative estimate of drug-likeness (QED) is 0.488. The van der Waals surface area contributed by atoms with Crippen LogP contribution in [-0.2, 0) is 22.5 Å². The number of aryl methyl sites for hydroxylation is 2. The molecule has 11 heteroatoms. The molecular formula is C27H35N7O3S. The Hall–Kier alpha value is -3.36. The average Bonchev–Trinajstić information content (AvgIpc) is 2.93. The topological polar surface area (TPSA) is 123 Å². The molecule has 2 aromatic rings. The molecule has 0 saturated carbocycles. The Morgan fingerprint density at radius 3 is 2.84 bits per heavy atom. The fourth-order valence-electron chi connectivity index (χ4n) is 4.80. The van der Waals surface area contributed by atoms with Crippen molar-refractivity contribution in [2.24, 2.45) is 5.92 Å². The summed E-state index contributed by atoms with van der Waals surface area (Å²) < 4.78 is 5.39. The third-order valence-corrected chi connectivity index (χ3v) is 7.55. The van der Waals surface area contributed by atoms with Crippen LogP contribution in [0.1, 0.15) is 41.6 Å². The van der Waals surface area contributed by atoms with E-state index in [0.29, 0.717) is 55.7 Å². The summed E-state index contributed by atoms with van der Waals surface area (Å²) >= 11 is 1.71. The van der Waals surface area contributed by atoms with Gasteiger partial charge in [-0.25, -0.2) is 14.8 Å². The molecule has 0 aliphatic carbocycles. The van der Waals surface area contributed by atoms with Gasteiger partial charge in [-0.1, -0.05) is 0 Å². The lowest BCUT2D eigenvalue weighted by Gasteiger charge is -2.30. The number of urea groups is 1. The maximum atomic E-state index is 13.3. The molecule has 1 fully saturated rings. The van der Waals surface area contributed by atoms with E-state index < -0.39 is 0 Å². The number of anilines is 3. The summed E-state index contributed by atoms with van der Waals surface area (Å²) in [7, 11) is 1.84. The van der Waals surface area contributed by atoms with Crippen molar-refractivity contribution < 1.29 is 14.3 Å². The van der Waals surface area contributed by atoms with E-state index in [9.17, 15) is 14.9 Å². The molecule has 38 heavy (non-hydrogen) atoms. The summed E-state index contributed by atoms with van der Waals surface area (Å²) in [6.45, 7) is 4.92. The Morgan fingerprint density at radius 1 is 1.32 bits per heavy atom. The fraction of sp³-hybridized carbons (Fsp3) is 0.519. The number of hydrogen-bond acceptors (Lipinski definition) is 8. The number of aromatic nitrogens is 2. The van der Waals surface area contributed by atoms with Gasteiger partial charge >= 0.3 is 6.03 Å². The van der Waals surface area contributed by atoms with Crippen LogP contribution in [0.15, 0.2) is 18.3 Å². The number of nitrogens with zero attached hydrogens (tertiary/aromatic N) is 5. The normalized spacial score (nSPS) is 15.4. The molecule has 0 radical (unpaired) electrons. The predicted octanol–water partition coefficient (Wildman–Crippen LogP) is 3.80. The molecular weight excluding hydrogens is 502 g/mol. The molecule has 0 unspecified atom stereocenters. The highest BCUT2D eigenvalue weighted by Crippen LogP contribution is 2.29. The van der Waals surface area contributed by atoms with Crippen LogP contribution in [0.25, 0.3) is 0 Å². The number of ether oxygens (including phenoxy) is 1. The lowest BCUT2D eigenvalue weighted by molar-refractivity contribution is -0.137. The van der Waals surface area contributed by atoms with Crippen LogP contribution in [-0.4, -0.2) is 72.2 Å². The minimum atomic E-state index is -0.315. The summed E-state index contributed by atoms with van der Waals surface area (Å²) in [5.41, 5.74) is 3.85. The highest BCUT2D eigenvalue weighted by Gasteiger charge is 2.28. The molecule has 10 nitrogen and oxygen atoms in total. The molecule has 0 spiro atoms. The van der Waals surface area contributed by atoms with Crippen LogP contribution in [0.5, 0.6) is 0 Å². The van der Waals surface area contributed by atoms with Crippen molar-refractivity contribution in [1.82, 2.24) is 14.9 Å². The summed E-state index contributed by atoms with van der Waals surface area (Å²) in [6, 6.07) is 5.59. The number of carbonyl (C=O) groups excluding carboxylic acids is 2. The van der Waals surface area contributed by atoms with Crippen molar-refractivity contribution >= 4 is 41.0 Å². The second-order valence-corrected chi connectivity index (χ2v) is 10.6. The number of nitrogens with one attached hydrogen (secondary N) is 2. The largest absolute Gasteiger partial charge is 0.383 e. The SMILES string of the molecule is CSCCNc1cc(NC(=O)N2CCCc3cc(CN(C)C(=O)C4CCOCC4)c(C)nc32)ncc1C#N. The summed E-state index contributed by atoms with van der Waals surface area (Å²) in [5.74, 6) is 2.06. The lowest BCUT2D eigenvalue weighted by atomic mass is 9.98. The van der Waals surface area contributed by atoms with E-state index in [4.69, 9.17) is 9.72 Å². The smallest absolute Gasteiger partial charge is 0.328 e. The number of pyridine rings is 2. The van der Waals surface area contributed by atoms with Gasteiger partial charge in [-0.3, -0.25) is 15.0 Å². The van der Waals surface area contributed by atoms with Crippen LogP contribution in [0, 0.1) is 24.2 Å². The third kappa shape index (κ3) is 6.55. The zero-order valence-corrected chi connectivity index (χ0v) is 23.1. The highest BCUT2D eigenvalue weighted by molar-refractivity contribution is 7.98. The number of carbonyl (C=O) groups is 2. The van der Waals surface area contributed by atoms with Gasteiger partial charge in [-0.15, -0.1) is 0 Å². The standard InChI is InChI=1S/C27H35N7O3S/c1-18-21(17-33(2)26(35)19-6-10-37-11-7-19)13-20-5-4-9-34(25(20)31-18)27(36)32-24-14-23(29-8-12-38-3)22(15-28)16-30-24/h13-14,16,19H,4-12,17H2,1-3H3,(H2,29,30,32,36). The van der Waals surface area contributed by atoms with E-state index >= 15 is 0 Å². The van der Waals surface area contributed by atoms with Crippen molar-refractivity contribution in [3.63, 3.8) is 0 Å². The minimum Gasteiger partial charge on any atom is -0.383 e. The molecule has 4 heterocycles. The number of hydrogen-bond donors (Lipinski definition) is 2. The van der Waals surface area contributed by atoms with Gasteiger partial charge in [-0.2, -0.15) is 17.0 Å². The van der Waals surface area contributed by atoms with E-state index in [1.54, 1.807) is 27.6 Å². The second kappa shape index (κ2) is 12.9. The number of thioether (sulfide) groups is 1. The predicted molar refractivity (Wildman–Crippen MR) is 150 cm³/mol. The Balaban J connectivity index is 1.47. The molecule has 2 aromatic heterocycles. The Kier molecular flexibility index (Phi) is 9.42. The summed E-state index contributed by atoms with van der Waals surface area (Å²) in [5, 5.41) is 15.5. The number of amides is 3. The van der Waals surface area contributed by atoms with Crippen molar-refractivity contribution in [1.29, 1.82) is 5.26 Å². The van der Waals surface area contributed by atoms with Crippen LogP contribution in [0.3, 0.4) is 0 Å². The highest BCUT2D eigenvalue weighted by atomic mass is 32.2. The molecule has 0 aromatic carbocycles. The van der Waals surface area contributed by atoms with E-state index in [0.717, 1.165) is 48.3 Å². The first-order chi connectivity index (χ1) is 18.4. The van der Waals surface area contributed by atoms with Gasteiger partial charge in [0.25, 0.3) is 0 Å². The zero-order chi connectivity index (χ0) is 27.1. The van der Waals surface area contributed by atoms with Gasteiger partial charge in [-0.05, 0) is 56.1 Å². The maximum Gasteiger partial charge on any atom is 0.328 e. The van der Waals surface area contributed by atoms with Gasteiger partial charge < -0.3 is 15.0 Å². The van der Waals surface area contributed by atoms with Gasteiger partial charge in [0.1, 0.15) is 17.7 Å². The van der Waals surface area contributed by atoms with Gasteiger partial charge in [0, 0.05) is 69.5 Å². The van der Waals surface area contributed by atoms with Crippen molar-refractivity contribution in [2.45, 2.75) is 39.2 Å². The minimum absolute atomic E-state index is 0.0101. The van der Waals surface area contributed by atoms with Crippen molar-refractivity contribution in [3.05, 3.63) is 40.7 Å². The number of nitriles is 1. The molecule has 2 aliphatic rings. The van der Waals surface area contributed by atoms with Gasteiger partial charge in [0.2, 0.25) is 5.91 Å².